The summed E-state index contributed by atoms with van der Waals surface area (Å²) in [4.78, 5) is 0. The molecule has 0 aromatic heterocycles. The molecule has 1 heterocycles. The maximum Gasteiger partial charge on any atom is 0.0672 e. The molecule has 0 saturated carbocycles. The minimum absolute atomic E-state index is 0.373. The fourth-order valence-corrected chi connectivity index (χ4v) is 1.74. The van der Waals surface area contributed by atoms with Crippen LogP contribution in [0.1, 0.15) is 25.7 Å². The molecule has 0 aromatic carbocycles. The third-order valence-electron chi connectivity index (χ3n) is 2.60. The second-order valence-electron chi connectivity index (χ2n) is 3.68. The van der Waals surface area contributed by atoms with Gasteiger partial charge in [-0.05, 0) is 52.4 Å². The van der Waals surface area contributed by atoms with Crippen LogP contribution in [-0.4, -0.2) is 37.4 Å². The van der Waals surface area contributed by atoms with Crippen LogP contribution in [0.5, 0.6) is 0 Å². The van der Waals surface area contributed by atoms with Crippen LogP contribution >= 0.6 is 0 Å². The highest BCUT2D eigenvalue weighted by Gasteiger charge is 2.27. The van der Waals surface area contributed by atoms with Crippen molar-refractivity contribution in [1.82, 2.24) is 10.6 Å². The molecule has 1 aliphatic heterocycles. The van der Waals surface area contributed by atoms with E-state index in [0.29, 0.717) is 0 Å². The van der Waals surface area contributed by atoms with E-state index in [-0.39, 0.29) is 5.60 Å². The molecule has 1 rings (SSSR count). The van der Waals surface area contributed by atoms with Crippen LogP contribution in [0.25, 0.3) is 0 Å². The maximum atomic E-state index is 10.0. The average molecular weight is 172 g/mol. The van der Waals surface area contributed by atoms with Gasteiger partial charge in [0, 0.05) is 0 Å². The van der Waals surface area contributed by atoms with Crippen LogP contribution in [0.2, 0.25) is 0 Å². The van der Waals surface area contributed by atoms with Crippen molar-refractivity contribution in [2.45, 2.75) is 31.3 Å². The molecule has 3 nitrogen and oxygen atoms in total. The lowest BCUT2D eigenvalue weighted by Gasteiger charge is -2.32. The summed E-state index contributed by atoms with van der Waals surface area (Å²) >= 11 is 0. The van der Waals surface area contributed by atoms with Gasteiger partial charge in [-0.15, -0.1) is 0 Å². The van der Waals surface area contributed by atoms with Crippen molar-refractivity contribution in [3.05, 3.63) is 0 Å². The van der Waals surface area contributed by atoms with Gasteiger partial charge in [-0.25, -0.2) is 0 Å². The number of nitrogens with one attached hydrogen (secondary N) is 2. The lowest BCUT2D eigenvalue weighted by Crippen LogP contribution is -2.42. The van der Waals surface area contributed by atoms with E-state index in [9.17, 15) is 5.11 Å². The van der Waals surface area contributed by atoms with Crippen LogP contribution in [-0.2, 0) is 0 Å². The summed E-state index contributed by atoms with van der Waals surface area (Å²) in [5.41, 5.74) is -0.373. The number of aliphatic hydroxyl groups is 1. The van der Waals surface area contributed by atoms with Gasteiger partial charge >= 0.3 is 0 Å². The van der Waals surface area contributed by atoms with E-state index >= 15 is 0 Å². The van der Waals surface area contributed by atoms with Gasteiger partial charge in [0.05, 0.1) is 5.60 Å². The largest absolute Gasteiger partial charge is 0.390 e. The van der Waals surface area contributed by atoms with Crippen LogP contribution in [0, 0.1) is 0 Å². The van der Waals surface area contributed by atoms with Crippen molar-refractivity contribution in [3.63, 3.8) is 0 Å². The molecule has 12 heavy (non-hydrogen) atoms. The molecular weight excluding hydrogens is 152 g/mol. The lowest BCUT2D eigenvalue weighted by molar-refractivity contribution is 0.00104. The highest BCUT2D eigenvalue weighted by Crippen LogP contribution is 2.22. The van der Waals surface area contributed by atoms with E-state index in [2.05, 4.69) is 10.6 Å². The van der Waals surface area contributed by atoms with Gasteiger partial charge in [0.15, 0.2) is 0 Å². The zero-order valence-corrected chi connectivity index (χ0v) is 7.90. The van der Waals surface area contributed by atoms with Crippen LogP contribution < -0.4 is 10.6 Å². The summed E-state index contributed by atoms with van der Waals surface area (Å²) in [5, 5.41) is 16.4. The fraction of sp³-hybridized carbons (Fsp3) is 1.00. The summed E-state index contributed by atoms with van der Waals surface area (Å²) in [6.45, 7) is 2.95. The quantitative estimate of drug-likeness (QED) is 0.527. The minimum atomic E-state index is -0.373. The predicted octanol–water partition coefficient (Wildman–Crippen LogP) is 0.100. The first-order valence-electron chi connectivity index (χ1n) is 4.84. The molecule has 0 bridgehead atoms. The molecule has 1 aliphatic rings. The van der Waals surface area contributed by atoms with E-state index < -0.39 is 0 Å². The van der Waals surface area contributed by atoms with E-state index in [1.54, 1.807) is 0 Å². The second kappa shape index (κ2) is 4.80. The number of hydrogen-bond donors (Lipinski definition) is 3. The molecule has 1 fully saturated rings. The normalized spacial score (nSPS) is 22.5. The zero-order chi connectivity index (χ0) is 8.86. The lowest BCUT2D eigenvalue weighted by atomic mass is 9.88. The Morgan fingerprint density at radius 1 is 1.42 bits per heavy atom. The Labute approximate surface area is 74.5 Å². The first kappa shape index (κ1) is 9.96. The van der Waals surface area contributed by atoms with Crippen LogP contribution in [0.15, 0.2) is 0 Å². The molecule has 0 atom stereocenters. The summed E-state index contributed by atoms with van der Waals surface area (Å²) in [6.07, 6.45) is 3.84. The van der Waals surface area contributed by atoms with E-state index in [1.165, 1.54) is 0 Å². The molecule has 0 radical (unpaired) electrons. The van der Waals surface area contributed by atoms with Crippen molar-refractivity contribution in [1.29, 1.82) is 0 Å². The summed E-state index contributed by atoms with van der Waals surface area (Å²) in [5.74, 6) is 0. The Balaban J connectivity index is 2.17. The Bertz CT molecular complexity index is 122. The number of hydrogen-bond acceptors (Lipinski definition) is 3. The molecule has 0 amide bonds. The standard InChI is InChI=1S/C9H20N2O/c1-10-6-2-3-9(12)4-7-11-8-5-9/h10-12H,2-8H2,1H3. The molecule has 0 aromatic rings. The summed E-state index contributed by atoms with van der Waals surface area (Å²) in [7, 11) is 1.95. The molecule has 3 heteroatoms. The third kappa shape index (κ3) is 3.09. The van der Waals surface area contributed by atoms with E-state index in [0.717, 1.165) is 45.3 Å². The van der Waals surface area contributed by atoms with Gasteiger partial charge in [0.1, 0.15) is 0 Å². The van der Waals surface area contributed by atoms with Gasteiger partial charge in [-0.1, -0.05) is 0 Å². The van der Waals surface area contributed by atoms with Crippen molar-refractivity contribution in [2.75, 3.05) is 26.7 Å². The van der Waals surface area contributed by atoms with Crippen molar-refractivity contribution < 1.29 is 5.11 Å². The smallest absolute Gasteiger partial charge is 0.0672 e. The molecule has 0 aliphatic carbocycles. The molecule has 1 saturated heterocycles. The Morgan fingerprint density at radius 3 is 2.67 bits per heavy atom. The highest BCUT2D eigenvalue weighted by atomic mass is 16.3. The van der Waals surface area contributed by atoms with Crippen LogP contribution in [0.4, 0.5) is 0 Å². The first-order valence-corrected chi connectivity index (χ1v) is 4.84. The highest BCUT2D eigenvalue weighted by molar-refractivity contribution is 4.83. The predicted molar refractivity (Wildman–Crippen MR) is 50.2 cm³/mol. The number of rotatable bonds is 4. The van der Waals surface area contributed by atoms with Gasteiger partial charge in [-0.2, -0.15) is 0 Å². The minimum Gasteiger partial charge on any atom is -0.390 e. The topological polar surface area (TPSA) is 44.3 Å². The zero-order valence-electron chi connectivity index (χ0n) is 7.90. The van der Waals surface area contributed by atoms with Crippen molar-refractivity contribution in [3.8, 4) is 0 Å². The van der Waals surface area contributed by atoms with E-state index in [1.807, 2.05) is 7.05 Å². The first-order chi connectivity index (χ1) is 5.77. The summed E-state index contributed by atoms with van der Waals surface area (Å²) < 4.78 is 0. The number of piperidine rings is 1. The van der Waals surface area contributed by atoms with Crippen LogP contribution in [0.3, 0.4) is 0 Å². The average Bonchev–Trinajstić information content (AvgIpc) is 2.06. The van der Waals surface area contributed by atoms with Gasteiger partial charge in [0.25, 0.3) is 0 Å². The van der Waals surface area contributed by atoms with Crippen molar-refractivity contribution in [2.24, 2.45) is 0 Å². The molecular formula is C9H20N2O. The molecule has 72 valence electrons. The van der Waals surface area contributed by atoms with Gasteiger partial charge in [0.2, 0.25) is 0 Å². The second-order valence-corrected chi connectivity index (χ2v) is 3.68. The third-order valence-corrected chi connectivity index (χ3v) is 2.60. The van der Waals surface area contributed by atoms with Gasteiger partial charge < -0.3 is 15.7 Å². The Hall–Kier alpha value is -0.120. The molecule has 0 unspecified atom stereocenters. The molecule has 0 spiro atoms. The van der Waals surface area contributed by atoms with Gasteiger partial charge in [-0.3, -0.25) is 0 Å². The van der Waals surface area contributed by atoms with E-state index in [4.69, 9.17) is 0 Å². The van der Waals surface area contributed by atoms with Crippen molar-refractivity contribution >= 4 is 0 Å². The maximum absolute atomic E-state index is 10.0. The Kier molecular flexibility index (Phi) is 3.98. The monoisotopic (exact) mass is 172 g/mol. The Morgan fingerprint density at radius 2 is 2.08 bits per heavy atom. The summed E-state index contributed by atoms with van der Waals surface area (Å²) in [6, 6.07) is 0. The molecule has 3 N–H and O–H groups in total. The SMILES string of the molecule is CNCCCC1(O)CCNCC1. The fourth-order valence-electron chi connectivity index (χ4n) is 1.74.